The molecule has 0 saturated heterocycles. The highest BCUT2D eigenvalue weighted by molar-refractivity contribution is 5.14. The summed E-state index contributed by atoms with van der Waals surface area (Å²) in [5, 5.41) is 3.13. The molecular formula is C14H21N3. The molecule has 1 aliphatic heterocycles. The van der Waals surface area contributed by atoms with Crippen molar-refractivity contribution in [1.29, 1.82) is 0 Å². The van der Waals surface area contributed by atoms with E-state index in [1.54, 1.807) is 0 Å². The molecule has 0 unspecified atom stereocenters. The Balaban J connectivity index is 1.90. The summed E-state index contributed by atoms with van der Waals surface area (Å²) >= 11 is 0. The van der Waals surface area contributed by atoms with Crippen LogP contribution in [-0.4, -0.2) is 30.0 Å². The van der Waals surface area contributed by atoms with Crippen molar-refractivity contribution in [3.8, 4) is 0 Å². The maximum atomic E-state index is 4.51. The summed E-state index contributed by atoms with van der Waals surface area (Å²) in [7, 11) is 1.95. The van der Waals surface area contributed by atoms with Crippen LogP contribution in [0.3, 0.4) is 0 Å². The summed E-state index contributed by atoms with van der Waals surface area (Å²) in [5.74, 6) is 0. The van der Waals surface area contributed by atoms with Crippen LogP contribution in [0.25, 0.3) is 0 Å². The Hall–Kier alpha value is -1.19. The van der Waals surface area contributed by atoms with Crippen molar-refractivity contribution in [1.82, 2.24) is 15.2 Å². The number of rotatable bonds is 4. The highest BCUT2D eigenvalue weighted by Gasteiger charge is 2.09. The molecule has 0 radical (unpaired) electrons. The van der Waals surface area contributed by atoms with E-state index in [-0.39, 0.29) is 0 Å². The molecule has 92 valence electrons. The van der Waals surface area contributed by atoms with Crippen molar-refractivity contribution < 1.29 is 0 Å². The van der Waals surface area contributed by atoms with Gasteiger partial charge in [0.25, 0.3) is 0 Å². The quantitative estimate of drug-likeness (QED) is 0.803. The number of hydrogen-bond donors (Lipinski definition) is 1. The highest BCUT2D eigenvalue weighted by atomic mass is 15.1. The summed E-state index contributed by atoms with van der Waals surface area (Å²) in [6.45, 7) is 6.28. The Bertz CT molecular complexity index is 381. The highest BCUT2D eigenvalue weighted by Crippen LogP contribution is 2.12. The lowest BCUT2D eigenvalue weighted by Crippen LogP contribution is -2.28. The second kappa shape index (κ2) is 5.94. The van der Waals surface area contributed by atoms with Gasteiger partial charge in [-0.1, -0.05) is 17.7 Å². The van der Waals surface area contributed by atoms with Crippen LogP contribution in [-0.2, 0) is 13.1 Å². The van der Waals surface area contributed by atoms with Crippen molar-refractivity contribution in [3.05, 3.63) is 41.2 Å². The third kappa shape index (κ3) is 3.65. The Morgan fingerprint density at radius 1 is 1.41 bits per heavy atom. The van der Waals surface area contributed by atoms with E-state index in [0.717, 1.165) is 31.9 Å². The van der Waals surface area contributed by atoms with Gasteiger partial charge in [-0.3, -0.25) is 9.88 Å². The van der Waals surface area contributed by atoms with E-state index in [9.17, 15) is 0 Å². The summed E-state index contributed by atoms with van der Waals surface area (Å²) in [6, 6.07) is 4.29. The molecule has 0 atom stereocenters. The lowest BCUT2D eigenvalue weighted by atomic mass is 10.1. The zero-order valence-corrected chi connectivity index (χ0v) is 10.7. The maximum Gasteiger partial charge on any atom is 0.0544 e. The Labute approximate surface area is 104 Å². The molecule has 17 heavy (non-hydrogen) atoms. The topological polar surface area (TPSA) is 28.2 Å². The Kier molecular flexibility index (Phi) is 4.29. The van der Waals surface area contributed by atoms with Crippen molar-refractivity contribution in [2.45, 2.75) is 26.4 Å². The van der Waals surface area contributed by atoms with Gasteiger partial charge in [-0.2, -0.15) is 0 Å². The van der Waals surface area contributed by atoms with E-state index >= 15 is 0 Å². The fraction of sp³-hybridized carbons (Fsp3) is 0.500. The molecule has 3 nitrogen and oxygen atoms in total. The van der Waals surface area contributed by atoms with Gasteiger partial charge < -0.3 is 5.32 Å². The number of hydrogen-bond acceptors (Lipinski definition) is 3. The number of nitrogens with one attached hydrogen (secondary N) is 1. The zero-order chi connectivity index (χ0) is 12.1. The molecule has 0 aromatic carbocycles. The number of pyridine rings is 1. The normalized spacial score (nSPS) is 16.9. The van der Waals surface area contributed by atoms with Gasteiger partial charge in [0.1, 0.15) is 0 Å². The van der Waals surface area contributed by atoms with E-state index in [1.165, 1.54) is 17.6 Å². The predicted octanol–water partition coefficient (Wildman–Crippen LogP) is 1.95. The van der Waals surface area contributed by atoms with Crippen molar-refractivity contribution in [2.24, 2.45) is 0 Å². The molecule has 1 aromatic rings. The average Bonchev–Trinajstić information content (AvgIpc) is 2.35. The first kappa shape index (κ1) is 12.3. The summed E-state index contributed by atoms with van der Waals surface area (Å²) < 4.78 is 0. The van der Waals surface area contributed by atoms with Gasteiger partial charge in [0.05, 0.1) is 5.69 Å². The van der Waals surface area contributed by atoms with E-state index in [1.807, 2.05) is 13.2 Å². The number of nitrogens with zero attached hydrogens (tertiary/aromatic N) is 2. The maximum absolute atomic E-state index is 4.51. The lowest BCUT2D eigenvalue weighted by Gasteiger charge is -2.24. The van der Waals surface area contributed by atoms with E-state index in [4.69, 9.17) is 0 Å². The third-order valence-corrected chi connectivity index (χ3v) is 3.17. The smallest absolute Gasteiger partial charge is 0.0544 e. The molecule has 2 rings (SSSR count). The van der Waals surface area contributed by atoms with E-state index < -0.39 is 0 Å². The minimum Gasteiger partial charge on any atom is -0.316 e. The van der Waals surface area contributed by atoms with Crippen LogP contribution in [0.15, 0.2) is 30.0 Å². The molecule has 1 N–H and O–H groups in total. The van der Waals surface area contributed by atoms with Crippen LogP contribution in [0, 0.1) is 0 Å². The molecule has 2 heterocycles. The first-order valence-electron chi connectivity index (χ1n) is 6.24. The monoisotopic (exact) mass is 231 g/mol. The predicted molar refractivity (Wildman–Crippen MR) is 70.7 cm³/mol. The standard InChI is InChI=1S/C14H21N3/c1-12-5-7-17(8-6-12)11-14-4-3-13(9-15-2)10-16-14/h3-5,10,15H,6-9,11H2,1-2H3. The third-order valence-electron chi connectivity index (χ3n) is 3.17. The molecular weight excluding hydrogens is 210 g/mol. The van der Waals surface area contributed by atoms with Crippen LogP contribution in [0.5, 0.6) is 0 Å². The summed E-state index contributed by atoms with van der Waals surface area (Å²) in [5.41, 5.74) is 3.92. The van der Waals surface area contributed by atoms with Crippen LogP contribution >= 0.6 is 0 Å². The molecule has 1 aliphatic rings. The number of aromatic nitrogens is 1. The summed E-state index contributed by atoms with van der Waals surface area (Å²) in [6.07, 6.45) is 5.48. The molecule has 0 fully saturated rings. The van der Waals surface area contributed by atoms with Crippen LogP contribution in [0.4, 0.5) is 0 Å². The first-order chi connectivity index (χ1) is 8.28. The van der Waals surface area contributed by atoms with Crippen molar-refractivity contribution in [3.63, 3.8) is 0 Å². The molecule has 0 spiro atoms. The minimum atomic E-state index is 0.888. The molecule has 0 bridgehead atoms. The SMILES string of the molecule is CNCc1ccc(CN2CC=C(C)CC2)nc1. The van der Waals surface area contributed by atoms with Crippen LogP contribution < -0.4 is 5.32 Å². The van der Waals surface area contributed by atoms with E-state index in [0.29, 0.717) is 0 Å². The Morgan fingerprint density at radius 3 is 2.88 bits per heavy atom. The minimum absolute atomic E-state index is 0.888. The van der Waals surface area contributed by atoms with Crippen molar-refractivity contribution in [2.75, 3.05) is 20.1 Å². The molecule has 3 heteroatoms. The van der Waals surface area contributed by atoms with Gasteiger partial charge in [-0.25, -0.2) is 0 Å². The van der Waals surface area contributed by atoms with Gasteiger partial charge in [0, 0.05) is 32.4 Å². The summed E-state index contributed by atoms with van der Waals surface area (Å²) in [4.78, 5) is 6.95. The fourth-order valence-corrected chi connectivity index (χ4v) is 2.04. The first-order valence-corrected chi connectivity index (χ1v) is 6.24. The van der Waals surface area contributed by atoms with Gasteiger partial charge in [-0.15, -0.1) is 0 Å². The van der Waals surface area contributed by atoms with Crippen LogP contribution in [0.2, 0.25) is 0 Å². The molecule has 0 saturated carbocycles. The average molecular weight is 231 g/mol. The second-order valence-electron chi connectivity index (χ2n) is 4.72. The second-order valence-corrected chi connectivity index (χ2v) is 4.72. The van der Waals surface area contributed by atoms with E-state index in [2.05, 4.69) is 40.3 Å². The van der Waals surface area contributed by atoms with Gasteiger partial charge >= 0.3 is 0 Å². The largest absolute Gasteiger partial charge is 0.316 e. The van der Waals surface area contributed by atoms with Crippen LogP contribution in [0.1, 0.15) is 24.6 Å². The van der Waals surface area contributed by atoms with Crippen molar-refractivity contribution >= 4 is 0 Å². The molecule has 0 amide bonds. The zero-order valence-electron chi connectivity index (χ0n) is 10.7. The molecule has 1 aromatic heterocycles. The Morgan fingerprint density at radius 2 is 2.29 bits per heavy atom. The van der Waals surface area contributed by atoms with Gasteiger partial charge in [0.15, 0.2) is 0 Å². The molecule has 0 aliphatic carbocycles. The van der Waals surface area contributed by atoms with Gasteiger partial charge in [0.2, 0.25) is 0 Å². The lowest BCUT2D eigenvalue weighted by molar-refractivity contribution is 0.282. The fourth-order valence-electron chi connectivity index (χ4n) is 2.04. The van der Waals surface area contributed by atoms with Gasteiger partial charge in [-0.05, 0) is 32.0 Å².